The Labute approximate surface area is 160 Å². The lowest BCUT2D eigenvalue weighted by molar-refractivity contribution is -0.148. The number of hydrogen-bond donors (Lipinski definition) is 2. The van der Waals surface area contributed by atoms with E-state index in [2.05, 4.69) is 20.8 Å². The lowest BCUT2D eigenvalue weighted by atomic mass is 10.1. The smallest absolute Gasteiger partial charge is 0.317 e. The molecule has 1 aromatic carbocycles. The third-order valence-electron chi connectivity index (χ3n) is 4.84. The molecule has 2 saturated heterocycles. The number of aryl methyl sites for hydroxylation is 1. The van der Waals surface area contributed by atoms with Crippen LogP contribution >= 0.6 is 0 Å². The molecule has 4 rings (SSSR count). The highest BCUT2D eigenvalue weighted by atomic mass is 16.5. The van der Waals surface area contributed by atoms with Gasteiger partial charge in [-0.2, -0.15) is 4.98 Å². The Balaban J connectivity index is 1.35. The second-order valence-corrected chi connectivity index (χ2v) is 6.81. The molecule has 4 amide bonds. The molecule has 0 radical (unpaired) electrons. The molecule has 0 aliphatic carbocycles. The van der Waals surface area contributed by atoms with E-state index in [0.29, 0.717) is 18.9 Å². The first kappa shape index (κ1) is 18.0. The van der Waals surface area contributed by atoms with Gasteiger partial charge in [-0.1, -0.05) is 28.9 Å². The second-order valence-electron chi connectivity index (χ2n) is 6.81. The summed E-state index contributed by atoms with van der Waals surface area (Å²) in [6, 6.07) is 6.73. The third kappa shape index (κ3) is 3.53. The van der Waals surface area contributed by atoms with Crippen molar-refractivity contribution in [2.45, 2.75) is 19.5 Å². The predicted molar refractivity (Wildman–Crippen MR) is 96.8 cm³/mol. The van der Waals surface area contributed by atoms with Gasteiger partial charge in [-0.15, -0.1) is 0 Å². The molecule has 3 heterocycles. The highest BCUT2D eigenvalue weighted by Gasteiger charge is 2.39. The van der Waals surface area contributed by atoms with Gasteiger partial charge in [-0.3, -0.25) is 9.59 Å². The number of amides is 4. The van der Waals surface area contributed by atoms with Crippen LogP contribution in [0.2, 0.25) is 0 Å². The van der Waals surface area contributed by atoms with Crippen molar-refractivity contribution in [3.63, 3.8) is 0 Å². The molecule has 1 atom stereocenters. The molecule has 2 fully saturated rings. The highest BCUT2D eigenvalue weighted by molar-refractivity contribution is 5.95. The summed E-state index contributed by atoms with van der Waals surface area (Å²) in [6.45, 7) is 2.92. The zero-order valence-electron chi connectivity index (χ0n) is 15.3. The van der Waals surface area contributed by atoms with Crippen LogP contribution in [0.5, 0.6) is 0 Å². The third-order valence-corrected chi connectivity index (χ3v) is 4.84. The van der Waals surface area contributed by atoms with Crippen molar-refractivity contribution in [2.24, 2.45) is 0 Å². The van der Waals surface area contributed by atoms with Crippen molar-refractivity contribution in [1.29, 1.82) is 0 Å². The Hall–Kier alpha value is -3.43. The summed E-state index contributed by atoms with van der Waals surface area (Å²) in [5.74, 6) is 0.379. The molecular weight excluding hydrogens is 364 g/mol. The maximum absolute atomic E-state index is 12.4. The summed E-state index contributed by atoms with van der Waals surface area (Å²) in [4.78, 5) is 43.6. The first-order valence-electron chi connectivity index (χ1n) is 9.01. The lowest BCUT2D eigenvalue weighted by Crippen LogP contribution is -2.67. The average Bonchev–Trinajstić information content (AvgIpc) is 3.18. The number of fused-ring (bicyclic) bond motifs is 1. The van der Waals surface area contributed by atoms with E-state index in [-0.39, 0.29) is 43.4 Å². The van der Waals surface area contributed by atoms with Gasteiger partial charge in [0.1, 0.15) is 6.04 Å². The summed E-state index contributed by atoms with van der Waals surface area (Å²) < 4.78 is 5.20. The molecule has 28 heavy (non-hydrogen) atoms. The van der Waals surface area contributed by atoms with Crippen LogP contribution in [0, 0.1) is 6.92 Å². The Morgan fingerprint density at radius 3 is 3.04 bits per heavy atom. The van der Waals surface area contributed by atoms with E-state index in [1.807, 2.05) is 31.2 Å². The molecule has 146 valence electrons. The Kier molecular flexibility index (Phi) is 4.68. The van der Waals surface area contributed by atoms with E-state index in [1.165, 1.54) is 9.80 Å². The number of hydrogen-bond acceptors (Lipinski definition) is 6. The molecule has 0 spiro atoms. The number of aromatic nitrogens is 2. The largest absolute Gasteiger partial charge is 0.345 e. The van der Waals surface area contributed by atoms with E-state index in [4.69, 9.17) is 4.52 Å². The van der Waals surface area contributed by atoms with E-state index in [9.17, 15) is 14.4 Å². The number of urea groups is 1. The van der Waals surface area contributed by atoms with Crippen LogP contribution in [0.4, 0.5) is 4.79 Å². The van der Waals surface area contributed by atoms with Crippen LogP contribution in [0.15, 0.2) is 28.8 Å². The molecule has 2 aliphatic rings. The maximum Gasteiger partial charge on any atom is 0.317 e. The number of nitrogens with zero attached hydrogens (tertiary/aromatic N) is 4. The van der Waals surface area contributed by atoms with Crippen LogP contribution in [-0.2, 0) is 16.1 Å². The van der Waals surface area contributed by atoms with Crippen molar-refractivity contribution < 1.29 is 18.9 Å². The minimum Gasteiger partial charge on any atom is -0.345 e. The van der Waals surface area contributed by atoms with E-state index < -0.39 is 6.04 Å². The van der Waals surface area contributed by atoms with Crippen LogP contribution in [-0.4, -0.2) is 70.0 Å². The van der Waals surface area contributed by atoms with Crippen LogP contribution < -0.4 is 10.6 Å². The van der Waals surface area contributed by atoms with Crippen molar-refractivity contribution in [2.75, 3.05) is 26.2 Å². The van der Waals surface area contributed by atoms with Crippen LogP contribution in [0.3, 0.4) is 0 Å². The predicted octanol–water partition coefficient (Wildman–Crippen LogP) is -0.103. The summed E-state index contributed by atoms with van der Waals surface area (Å²) in [5, 5.41) is 9.21. The van der Waals surface area contributed by atoms with Gasteiger partial charge in [0.05, 0.1) is 19.6 Å². The summed E-state index contributed by atoms with van der Waals surface area (Å²) in [5.41, 5.74) is 1.92. The van der Waals surface area contributed by atoms with E-state index in [0.717, 1.165) is 11.1 Å². The van der Waals surface area contributed by atoms with Crippen molar-refractivity contribution in [3.05, 3.63) is 35.7 Å². The fraction of sp³-hybridized carbons (Fsp3) is 0.389. The fourth-order valence-electron chi connectivity index (χ4n) is 3.36. The molecule has 2 N–H and O–H groups in total. The number of rotatable bonds is 3. The average molecular weight is 384 g/mol. The van der Waals surface area contributed by atoms with Gasteiger partial charge in [-0.25, -0.2) is 4.79 Å². The molecule has 0 saturated carbocycles. The van der Waals surface area contributed by atoms with Gasteiger partial charge in [0.15, 0.2) is 0 Å². The summed E-state index contributed by atoms with van der Waals surface area (Å²) in [6.07, 6.45) is 0. The standard InChI is InChI=1S/C18H20N6O4/c1-11-3-2-4-12(7-11)16-21-14(28-22-16)8-20-18(27)23-5-6-24-13(10-23)17(26)19-9-15(24)25/h2-4,7,13H,5-6,8-10H2,1H3,(H,19,26)(H,20,27)/t13-/m1/s1. The molecular formula is C18H20N6O4. The molecule has 10 heteroatoms. The van der Waals surface area contributed by atoms with Crippen LogP contribution in [0.1, 0.15) is 11.5 Å². The number of carbonyl (C=O) groups is 3. The second kappa shape index (κ2) is 7.29. The molecule has 2 aromatic rings. The number of benzene rings is 1. The molecule has 0 unspecified atom stereocenters. The number of nitrogens with one attached hydrogen (secondary N) is 2. The van der Waals surface area contributed by atoms with Crippen molar-refractivity contribution in [3.8, 4) is 11.4 Å². The molecule has 10 nitrogen and oxygen atoms in total. The zero-order valence-corrected chi connectivity index (χ0v) is 15.3. The normalized spacial score (nSPS) is 19.2. The Morgan fingerprint density at radius 2 is 2.21 bits per heavy atom. The maximum atomic E-state index is 12.4. The zero-order chi connectivity index (χ0) is 19.7. The van der Waals surface area contributed by atoms with Gasteiger partial charge in [-0.05, 0) is 13.0 Å². The first-order chi connectivity index (χ1) is 13.5. The van der Waals surface area contributed by atoms with E-state index >= 15 is 0 Å². The number of piperazine rings is 2. The minimum absolute atomic E-state index is 0.0158. The molecule has 1 aromatic heterocycles. The minimum atomic E-state index is -0.642. The lowest BCUT2D eigenvalue weighted by Gasteiger charge is -2.42. The van der Waals surface area contributed by atoms with Gasteiger partial charge < -0.3 is 25.0 Å². The first-order valence-corrected chi connectivity index (χ1v) is 9.01. The van der Waals surface area contributed by atoms with Gasteiger partial charge >= 0.3 is 6.03 Å². The van der Waals surface area contributed by atoms with Gasteiger partial charge in [0.25, 0.3) is 0 Å². The SMILES string of the molecule is Cc1cccc(-c2noc(CNC(=O)N3CCN4C(=O)CNC(=O)[C@H]4C3)n2)c1. The van der Waals surface area contributed by atoms with E-state index in [1.54, 1.807) is 0 Å². The van der Waals surface area contributed by atoms with Crippen molar-refractivity contribution >= 4 is 17.8 Å². The topological polar surface area (TPSA) is 121 Å². The summed E-state index contributed by atoms with van der Waals surface area (Å²) >= 11 is 0. The van der Waals surface area contributed by atoms with Crippen molar-refractivity contribution in [1.82, 2.24) is 30.6 Å². The monoisotopic (exact) mass is 384 g/mol. The molecule has 0 bridgehead atoms. The fourth-order valence-corrected chi connectivity index (χ4v) is 3.36. The Bertz CT molecular complexity index is 926. The van der Waals surface area contributed by atoms with Gasteiger partial charge in [0.2, 0.25) is 23.5 Å². The quantitative estimate of drug-likeness (QED) is 0.762. The molecule has 2 aliphatic heterocycles. The highest BCUT2D eigenvalue weighted by Crippen LogP contribution is 2.17. The van der Waals surface area contributed by atoms with Gasteiger partial charge in [0, 0.05) is 18.7 Å². The summed E-state index contributed by atoms with van der Waals surface area (Å²) in [7, 11) is 0. The van der Waals surface area contributed by atoms with Crippen LogP contribution in [0.25, 0.3) is 11.4 Å². The number of carbonyl (C=O) groups excluding carboxylic acids is 3. The Morgan fingerprint density at radius 1 is 1.36 bits per heavy atom.